The molecule has 0 aliphatic heterocycles. The first-order valence-corrected chi connectivity index (χ1v) is 7.02. The first-order chi connectivity index (χ1) is 7.18. The van der Waals surface area contributed by atoms with Crippen LogP contribution in [0.5, 0.6) is 0 Å². The molecule has 1 heteroatoms. The highest BCUT2D eigenvalue weighted by molar-refractivity contribution is 4.44. The Labute approximate surface area is 97.5 Å². The van der Waals surface area contributed by atoms with Crippen LogP contribution < -0.4 is 0 Å². The van der Waals surface area contributed by atoms with Crippen LogP contribution in [0.1, 0.15) is 65.7 Å². The molecule has 0 amide bonds. The molecule has 0 saturated carbocycles. The lowest BCUT2D eigenvalue weighted by Crippen LogP contribution is -2.45. The molecule has 1 nitrogen and oxygen atoms in total. The monoisotopic (exact) mass is 214 g/mol. The Hall–Kier alpha value is -0.0400. The molecule has 0 bridgehead atoms. The number of rotatable bonds is 10. The third kappa shape index (κ3) is 7.84. The summed E-state index contributed by atoms with van der Waals surface area (Å²) in [7, 11) is 2.43. The molecule has 0 saturated heterocycles. The van der Waals surface area contributed by atoms with E-state index in [4.69, 9.17) is 0 Å². The van der Waals surface area contributed by atoms with E-state index in [2.05, 4.69) is 27.8 Å². The second kappa shape index (κ2) is 9.21. The minimum atomic E-state index is 1.30. The van der Waals surface area contributed by atoms with Crippen LogP contribution in [0.3, 0.4) is 0 Å². The van der Waals surface area contributed by atoms with Crippen molar-refractivity contribution < 1.29 is 4.48 Å². The van der Waals surface area contributed by atoms with Gasteiger partial charge in [-0.3, -0.25) is 0 Å². The fourth-order valence-electron chi connectivity index (χ4n) is 2.09. The highest BCUT2D eigenvalue weighted by Crippen LogP contribution is 2.10. The average molecular weight is 214 g/mol. The van der Waals surface area contributed by atoms with E-state index in [9.17, 15) is 0 Å². The predicted molar refractivity (Wildman–Crippen MR) is 70.1 cm³/mol. The largest absolute Gasteiger partial charge is 0.326 e. The Bertz CT molecular complexity index is 133. The molecule has 0 rings (SSSR count). The number of unbranched alkanes of at least 4 members (excludes halogenated alkanes) is 5. The molecule has 0 N–H and O–H groups in total. The molecule has 0 spiro atoms. The van der Waals surface area contributed by atoms with Gasteiger partial charge in [-0.1, -0.05) is 33.1 Å². The highest BCUT2D eigenvalue weighted by atomic mass is 15.3. The number of hydrogen-bond donors (Lipinski definition) is 0. The fourth-order valence-corrected chi connectivity index (χ4v) is 2.09. The van der Waals surface area contributed by atoms with Gasteiger partial charge in [0.2, 0.25) is 0 Å². The van der Waals surface area contributed by atoms with E-state index in [-0.39, 0.29) is 0 Å². The fraction of sp³-hybridized carbons (Fsp3) is 1.00. The maximum absolute atomic E-state index is 2.43. The number of nitrogens with zero attached hydrogens (tertiary/aromatic N) is 1. The van der Waals surface area contributed by atoms with Crippen LogP contribution >= 0.6 is 0 Å². The normalized spacial score (nSPS) is 15.2. The summed E-state index contributed by atoms with van der Waals surface area (Å²) in [6, 6.07) is 0. The summed E-state index contributed by atoms with van der Waals surface area (Å²) in [5, 5.41) is 0. The molecule has 0 aromatic rings. The van der Waals surface area contributed by atoms with Gasteiger partial charge in [-0.05, 0) is 32.6 Å². The van der Waals surface area contributed by atoms with Gasteiger partial charge in [-0.15, -0.1) is 0 Å². The van der Waals surface area contributed by atoms with Crippen molar-refractivity contribution in [1.29, 1.82) is 0 Å². The third-order valence-corrected chi connectivity index (χ3v) is 3.62. The van der Waals surface area contributed by atoms with Gasteiger partial charge >= 0.3 is 0 Å². The maximum atomic E-state index is 2.43. The van der Waals surface area contributed by atoms with Crippen LogP contribution in [0.15, 0.2) is 0 Å². The molecule has 0 radical (unpaired) electrons. The lowest BCUT2D eigenvalue weighted by atomic mass is 10.1. The first-order valence-electron chi connectivity index (χ1n) is 7.02. The molecule has 1 unspecified atom stereocenters. The molecular weight excluding hydrogens is 182 g/mol. The van der Waals surface area contributed by atoms with Gasteiger partial charge in [0.05, 0.1) is 26.7 Å². The van der Waals surface area contributed by atoms with Crippen molar-refractivity contribution in [2.24, 2.45) is 0 Å². The van der Waals surface area contributed by atoms with E-state index in [1.54, 1.807) is 0 Å². The third-order valence-electron chi connectivity index (χ3n) is 3.62. The second-order valence-corrected chi connectivity index (χ2v) is 5.15. The van der Waals surface area contributed by atoms with Gasteiger partial charge in [0, 0.05) is 0 Å². The van der Waals surface area contributed by atoms with Crippen molar-refractivity contribution in [3.8, 4) is 0 Å². The van der Waals surface area contributed by atoms with E-state index in [1.807, 2.05) is 0 Å². The van der Waals surface area contributed by atoms with E-state index < -0.39 is 0 Å². The lowest BCUT2D eigenvalue weighted by molar-refractivity contribution is -0.908. The Morgan fingerprint density at radius 2 is 1.13 bits per heavy atom. The molecule has 0 aliphatic carbocycles. The van der Waals surface area contributed by atoms with Gasteiger partial charge in [0.25, 0.3) is 0 Å². The molecule has 0 fully saturated rings. The van der Waals surface area contributed by atoms with Crippen LogP contribution in [0, 0.1) is 0 Å². The molecule has 92 valence electrons. The Morgan fingerprint density at radius 1 is 0.667 bits per heavy atom. The molecule has 0 aromatic carbocycles. The van der Waals surface area contributed by atoms with E-state index in [0.29, 0.717) is 0 Å². The zero-order valence-electron chi connectivity index (χ0n) is 11.5. The van der Waals surface area contributed by atoms with Gasteiger partial charge in [-0.25, -0.2) is 0 Å². The summed E-state index contributed by atoms with van der Waals surface area (Å²) >= 11 is 0. The molecule has 0 heterocycles. The predicted octanol–water partition coefficient (Wildman–Crippen LogP) is 4.22. The standard InChI is InChI=1S/C14H32N/c1-5-8-10-12-14-15(4,7-3)13-11-9-6-2/h5-14H2,1-4H3/q+1. The van der Waals surface area contributed by atoms with Crippen LogP contribution in [0.2, 0.25) is 0 Å². The molecule has 0 aromatic heterocycles. The van der Waals surface area contributed by atoms with Crippen LogP contribution in [0.4, 0.5) is 0 Å². The highest BCUT2D eigenvalue weighted by Gasteiger charge is 2.17. The average Bonchev–Trinajstić information content (AvgIpc) is 2.25. The smallest absolute Gasteiger partial charge is 0.0784 e. The summed E-state index contributed by atoms with van der Waals surface area (Å²) in [5.41, 5.74) is 0. The number of quaternary nitrogens is 1. The van der Waals surface area contributed by atoms with Gasteiger partial charge in [-0.2, -0.15) is 0 Å². The number of hydrogen-bond acceptors (Lipinski definition) is 0. The van der Waals surface area contributed by atoms with Crippen molar-refractivity contribution in [1.82, 2.24) is 0 Å². The van der Waals surface area contributed by atoms with E-state index >= 15 is 0 Å². The Kier molecular flexibility index (Phi) is 9.18. The second-order valence-electron chi connectivity index (χ2n) is 5.15. The van der Waals surface area contributed by atoms with Gasteiger partial charge in [0.1, 0.15) is 0 Å². The zero-order chi connectivity index (χ0) is 11.6. The first kappa shape index (κ1) is 15.0. The lowest BCUT2D eigenvalue weighted by Gasteiger charge is -2.33. The van der Waals surface area contributed by atoms with Gasteiger partial charge in [0.15, 0.2) is 0 Å². The van der Waals surface area contributed by atoms with E-state index in [0.717, 1.165) is 0 Å². The summed E-state index contributed by atoms with van der Waals surface area (Å²) in [6.07, 6.45) is 9.78. The summed E-state index contributed by atoms with van der Waals surface area (Å²) < 4.78 is 1.30. The Morgan fingerprint density at radius 3 is 1.60 bits per heavy atom. The maximum Gasteiger partial charge on any atom is 0.0784 e. The molecule has 1 atom stereocenters. The summed E-state index contributed by atoms with van der Waals surface area (Å²) in [5.74, 6) is 0. The van der Waals surface area contributed by atoms with E-state index in [1.165, 1.54) is 69.1 Å². The van der Waals surface area contributed by atoms with Crippen molar-refractivity contribution in [2.75, 3.05) is 26.7 Å². The SMILES string of the molecule is CCCCCC[N+](C)(CC)CCCCC. The summed E-state index contributed by atoms with van der Waals surface area (Å²) in [6.45, 7) is 11.0. The van der Waals surface area contributed by atoms with Crippen molar-refractivity contribution in [3.63, 3.8) is 0 Å². The van der Waals surface area contributed by atoms with Crippen LogP contribution in [-0.2, 0) is 0 Å². The van der Waals surface area contributed by atoms with Gasteiger partial charge < -0.3 is 4.48 Å². The Balaban J connectivity index is 3.65. The van der Waals surface area contributed by atoms with Crippen molar-refractivity contribution >= 4 is 0 Å². The van der Waals surface area contributed by atoms with Crippen LogP contribution in [-0.4, -0.2) is 31.2 Å². The van der Waals surface area contributed by atoms with Crippen molar-refractivity contribution in [2.45, 2.75) is 65.7 Å². The molecule has 0 aliphatic rings. The topological polar surface area (TPSA) is 0 Å². The van der Waals surface area contributed by atoms with Crippen LogP contribution in [0.25, 0.3) is 0 Å². The minimum absolute atomic E-state index is 1.30. The minimum Gasteiger partial charge on any atom is -0.326 e. The molecule has 15 heavy (non-hydrogen) atoms. The molecular formula is C14H32N+. The quantitative estimate of drug-likeness (QED) is 0.377. The van der Waals surface area contributed by atoms with Crippen molar-refractivity contribution in [3.05, 3.63) is 0 Å². The zero-order valence-corrected chi connectivity index (χ0v) is 11.5. The summed E-state index contributed by atoms with van der Waals surface area (Å²) in [4.78, 5) is 0.